The molecule has 0 spiro atoms. The Kier molecular flexibility index (Phi) is 7.26. The molecule has 0 unspecified atom stereocenters. The first-order valence-electron chi connectivity index (χ1n) is 8.70. The summed E-state index contributed by atoms with van der Waals surface area (Å²) in [6, 6.07) is 8.85. The Hall–Kier alpha value is -3.22. The molecular weight excluding hydrogens is 362 g/mol. The molecule has 1 amide bonds. The third kappa shape index (κ3) is 4.94. The molecule has 0 bridgehead atoms. The van der Waals surface area contributed by atoms with Gasteiger partial charge in [-0.25, -0.2) is 4.79 Å². The molecule has 0 fully saturated rings. The van der Waals surface area contributed by atoms with E-state index >= 15 is 0 Å². The lowest BCUT2D eigenvalue weighted by Gasteiger charge is -2.14. The molecule has 0 saturated heterocycles. The second-order valence-electron chi connectivity index (χ2n) is 6.13. The van der Waals surface area contributed by atoms with E-state index in [1.807, 2.05) is 19.9 Å². The van der Waals surface area contributed by atoms with Crippen molar-refractivity contribution < 1.29 is 28.5 Å². The summed E-state index contributed by atoms with van der Waals surface area (Å²) in [6.45, 7) is 3.61. The van der Waals surface area contributed by atoms with Crippen LogP contribution in [0.15, 0.2) is 30.3 Å². The molecule has 0 aromatic heterocycles. The van der Waals surface area contributed by atoms with Gasteiger partial charge in [0.2, 0.25) is 5.75 Å². The zero-order valence-corrected chi connectivity index (χ0v) is 16.8. The van der Waals surface area contributed by atoms with Gasteiger partial charge in [0.1, 0.15) is 0 Å². The van der Waals surface area contributed by atoms with Crippen molar-refractivity contribution >= 4 is 11.9 Å². The number of amides is 1. The zero-order chi connectivity index (χ0) is 20.7. The second kappa shape index (κ2) is 9.64. The molecule has 28 heavy (non-hydrogen) atoms. The van der Waals surface area contributed by atoms with Crippen molar-refractivity contribution in [1.82, 2.24) is 5.32 Å². The normalized spacial score (nSPS) is 10.2. The molecule has 7 nitrogen and oxygen atoms in total. The minimum absolute atomic E-state index is 0.219. The van der Waals surface area contributed by atoms with Gasteiger partial charge in [0, 0.05) is 6.54 Å². The Morgan fingerprint density at radius 1 is 0.964 bits per heavy atom. The SMILES string of the molecule is COc1cc(CNC(=O)COC(=O)c2cccc(C)c2C)cc(OC)c1OC. The highest BCUT2D eigenvalue weighted by atomic mass is 16.5. The summed E-state index contributed by atoms with van der Waals surface area (Å²) >= 11 is 0. The van der Waals surface area contributed by atoms with E-state index in [2.05, 4.69) is 5.32 Å². The summed E-state index contributed by atoms with van der Waals surface area (Å²) in [5.74, 6) is 0.527. The number of nitrogens with one attached hydrogen (secondary N) is 1. The molecule has 2 aromatic rings. The van der Waals surface area contributed by atoms with Crippen LogP contribution in [0.1, 0.15) is 27.0 Å². The van der Waals surface area contributed by atoms with Crippen LogP contribution in [0.4, 0.5) is 0 Å². The number of aryl methyl sites for hydroxylation is 1. The van der Waals surface area contributed by atoms with E-state index in [0.29, 0.717) is 22.8 Å². The molecule has 0 aliphatic heterocycles. The first-order valence-corrected chi connectivity index (χ1v) is 8.70. The largest absolute Gasteiger partial charge is 0.493 e. The van der Waals surface area contributed by atoms with Gasteiger partial charge in [-0.2, -0.15) is 0 Å². The van der Waals surface area contributed by atoms with Crippen LogP contribution in [0.5, 0.6) is 17.2 Å². The van der Waals surface area contributed by atoms with Gasteiger partial charge in [0.15, 0.2) is 18.1 Å². The van der Waals surface area contributed by atoms with Gasteiger partial charge in [0.25, 0.3) is 5.91 Å². The molecule has 7 heteroatoms. The fourth-order valence-electron chi connectivity index (χ4n) is 2.67. The number of carbonyl (C=O) groups is 2. The molecule has 0 radical (unpaired) electrons. The molecule has 0 heterocycles. The number of hydrogen-bond acceptors (Lipinski definition) is 6. The minimum atomic E-state index is -0.524. The first kappa shape index (κ1) is 21.1. The van der Waals surface area contributed by atoms with E-state index in [-0.39, 0.29) is 13.2 Å². The summed E-state index contributed by atoms with van der Waals surface area (Å²) in [5.41, 5.74) is 3.03. The molecule has 2 rings (SSSR count). The van der Waals surface area contributed by atoms with E-state index in [1.165, 1.54) is 21.3 Å². The van der Waals surface area contributed by atoms with Crippen molar-refractivity contribution in [1.29, 1.82) is 0 Å². The number of carbonyl (C=O) groups excluding carboxylic acids is 2. The van der Waals surface area contributed by atoms with E-state index in [0.717, 1.165) is 16.7 Å². The standard InChI is InChI=1S/C21H25NO6/c1-13-7-6-8-16(14(13)2)21(24)28-12-19(23)22-11-15-9-17(25-3)20(27-5)18(10-15)26-4/h6-10H,11-12H2,1-5H3,(H,22,23). The smallest absolute Gasteiger partial charge is 0.338 e. The molecule has 0 aliphatic rings. The average Bonchev–Trinajstić information content (AvgIpc) is 2.71. The topological polar surface area (TPSA) is 83.1 Å². The van der Waals surface area contributed by atoms with Crippen molar-refractivity contribution in [2.24, 2.45) is 0 Å². The van der Waals surface area contributed by atoms with Crippen molar-refractivity contribution in [3.63, 3.8) is 0 Å². The van der Waals surface area contributed by atoms with Crippen LogP contribution in [0.3, 0.4) is 0 Å². The number of methoxy groups -OCH3 is 3. The maximum absolute atomic E-state index is 12.2. The van der Waals surface area contributed by atoms with Gasteiger partial charge in [-0.3, -0.25) is 4.79 Å². The van der Waals surface area contributed by atoms with Gasteiger partial charge in [0.05, 0.1) is 26.9 Å². The van der Waals surface area contributed by atoms with Crippen molar-refractivity contribution in [2.75, 3.05) is 27.9 Å². The predicted octanol–water partition coefficient (Wildman–Crippen LogP) is 2.80. The third-order valence-corrected chi connectivity index (χ3v) is 4.37. The predicted molar refractivity (Wildman–Crippen MR) is 104 cm³/mol. The number of ether oxygens (including phenoxy) is 4. The lowest BCUT2D eigenvalue weighted by atomic mass is 10.0. The maximum Gasteiger partial charge on any atom is 0.338 e. The Bertz CT molecular complexity index is 837. The van der Waals surface area contributed by atoms with E-state index in [9.17, 15) is 9.59 Å². The number of rotatable bonds is 8. The summed E-state index contributed by atoms with van der Waals surface area (Å²) in [6.07, 6.45) is 0. The highest BCUT2D eigenvalue weighted by molar-refractivity contribution is 5.93. The minimum Gasteiger partial charge on any atom is -0.493 e. The van der Waals surface area contributed by atoms with E-state index in [4.69, 9.17) is 18.9 Å². The molecule has 0 atom stereocenters. The number of hydrogen-bond donors (Lipinski definition) is 1. The van der Waals surface area contributed by atoms with Crippen LogP contribution < -0.4 is 19.5 Å². The molecule has 1 N–H and O–H groups in total. The lowest BCUT2D eigenvalue weighted by Crippen LogP contribution is -2.28. The molecule has 150 valence electrons. The van der Waals surface area contributed by atoms with Crippen LogP contribution in [0, 0.1) is 13.8 Å². The van der Waals surface area contributed by atoms with Gasteiger partial charge >= 0.3 is 5.97 Å². The van der Waals surface area contributed by atoms with E-state index < -0.39 is 11.9 Å². The average molecular weight is 387 g/mol. The molecule has 0 aliphatic carbocycles. The van der Waals surface area contributed by atoms with Crippen LogP contribution in [0.2, 0.25) is 0 Å². The summed E-state index contributed by atoms with van der Waals surface area (Å²) in [7, 11) is 4.56. The van der Waals surface area contributed by atoms with Gasteiger partial charge in [-0.15, -0.1) is 0 Å². The fourth-order valence-corrected chi connectivity index (χ4v) is 2.67. The van der Waals surface area contributed by atoms with Gasteiger partial charge in [-0.05, 0) is 48.7 Å². The van der Waals surface area contributed by atoms with Crippen molar-refractivity contribution in [2.45, 2.75) is 20.4 Å². The Balaban J connectivity index is 1.95. The van der Waals surface area contributed by atoms with E-state index in [1.54, 1.807) is 24.3 Å². The molecule has 0 saturated carbocycles. The van der Waals surface area contributed by atoms with Crippen LogP contribution in [-0.2, 0) is 16.1 Å². The first-order chi connectivity index (χ1) is 13.4. The monoisotopic (exact) mass is 387 g/mol. The Labute approximate surface area is 164 Å². The van der Waals surface area contributed by atoms with Crippen LogP contribution >= 0.6 is 0 Å². The van der Waals surface area contributed by atoms with Gasteiger partial charge in [-0.1, -0.05) is 12.1 Å². The van der Waals surface area contributed by atoms with Crippen LogP contribution in [0.25, 0.3) is 0 Å². The number of esters is 1. The summed E-state index contributed by atoms with van der Waals surface area (Å²) in [5, 5.41) is 2.70. The Morgan fingerprint density at radius 2 is 1.61 bits per heavy atom. The lowest BCUT2D eigenvalue weighted by molar-refractivity contribution is -0.124. The highest BCUT2D eigenvalue weighted by Gasteiger charge is 2.15. The quantitative estimate of drug-likeness (QED) is 0.702. The van der Waals surface area contributed by atoms with Crippen molar-refractivity contribution in [3.8, 4) is 17.2 Å². The van der Waals surface area contributed by atoms with Crippen LogP contribution in [-0.4, -0.2) is 39.8 Å². The summed E-state index contributed by atoms with van der Waals surface area (Å²) < 4.78 is 21.0. The highest BCUT2D eigenvalue weighted by Crippen LogP contribution is 2.38. The maximum atomic E-state index is 12.2. The fraction of sp³-hybridized carbons (Fsp3) is 0.333. The molecule has 2 aromatic carbocycles. The van der Waals surface area contributed by atoms with Gasteiger partial charge < -0.3 is 24.3 Å². The van der Waals surface area contributed by atoms with Crippen molar-refractivity contribution in [3.05, 3.63) is 52.6 Å². The zero-order valence-electron chi connectivity index (χ0n) is 16.8. The second-order valence-corrected chi connectivity index (χ2v) is 6.13. The summed E-state index contributed by atoms with van der Waals surface area (Å²) in [4.78, 5) is 24.2. The number of benzene rings is 2. The molecular formula is C21H25NO6. The Morgan fingerprint density at radius 3 is 2.18 bits per heavy atom. The third-order valence-electron chi connectivity index (χ3n) is 4.37.